The standard InChI is InChI=1S/C7H17NO/c1-5-7(6(2)3)9-8-4/h6-8H,5H2,1-4H3. The molecule has 0 saturated carbocycles. The molecule has 0 fully saturated rings. The number of hydrogen-bond donors (Lipinski definition) is 1. The van der Waals surface area contributed by atoms with Gasteiger partial charge in [0, 0.05) is 7.05 Å². The minimum Gasteiger partial charge on any atom is -0.299 e. The molecular weight excluding hydrogens is 114 g/mol. The molecule has 0 aromatic carbocycles. The van der Waals surface area contributed by atoms with Crippen LogP contribution in [0.15, 0.2) is 0 Å². The molecule has 9 heavy (non-hydrogen) atoms. The topological polar surface area (TPSA) is 21.3 Å². The summed E-state index contributed by atoms with van der Waals surface area (Å²) in [4.78, 5) is 5.20. The third kappa shape index (κ3) is 3.49. The van der Waals surface area contributed by atoms with Gasteiger partial charge in [0.15, 0.2) is 0 Å². The van der Waals surface area contributed by atoms with Gasteiger partial charge >= 0.3 is 0 Å². The second kappa shape index (κ2) is 4.77. The van der Waals surface area contributed by atoms with Crippen molar-refractivity contribution >= 4 is 0 Å². The third-order valence-electron chi connectivity index (χ3n) is 1.42. The molecule has 0 amide bonds. The summed E-state index contributed by atoms with van der Waals surface area (Å²) in [5.41, 5.74) is 2.70. The van der Waals surface area contributed by atoms with Crippen molar-refractivity contribution in [1.82, 2.24) is 5.48 Å². The largest absolute Gasteiger partial charge is 0.299 e. The molecule has 56 valence electrons. The molecule has 0 rings (SSSR count). The van der Waals surface area contributed by atoms with Crippen molar-refractivity contribution in [2.24, 2.45) is 5.92 Å². The molecular formula is C7H17NO. The Morgan fingerprint density at radius 3 is 2.11 bits per heavy atom. The van der Waals surface area contributed by atoms with Crippen LogP contribution in [-0.2, 0) is 4.84 Å². The maximum atomic E-state index is 5.20. The summed E-state index contributed by atoms with van der Waals surface area (Å²) in [6.07, 6.45) is 1.42. The molecule has 1 atom stereocenters. The first kappa shape index (κ1) is 8.92. The lowest BCUT2D eigenvalue weighted by molar-refractivity contribution is -0.0381. The van der Waals surface area contributed by atoms with Crippen LogP contribution in [0.25, 0.3) is 0 Å². The summed E-state index contributed by atoms with van der Waals surface area (Å²) >= 11 is 0. The van der Waals surface area contributed by atoms with Gasteiger partial charge < -0.3 is 0 Å². The van der Waals surface area contributed by atoms with Gasteiger partial charge in [-0.05, 0) is 12.3 Å². The molecule has 0 aliphatic heterocycles. The normalized spacial score (nSPS) is 14.3. The zero-order valence-electron chi connectivity index (χ0n) is 6.77. The highest BCUT2D eigenvalue weighted by Crippen LogP contribution is 2.07. The highest BCUT2D eigenvalue weighted by molar-refractivity contribution is 4.57. The fraction of sp³-hybridized carbons (Fsp3) is 1.00. The number of hydroxylamine groups is 1. The lowest BCUT2D eigenvalue weighted by atomic mass is 10.1. The number of hydrogen-bond acceptors (Lipinski definition) is 2. The van der Waals surface area contributed by atoms with E-state index in [1.807, 2.05) is 0 Å². The molecule has 2 nitrogen and oxygen atoms in total. The zero-order valence-corrected chi connectivity index (χ0v) is 6.77. The molecule has 0 bridgehead atoms. The van der Waals surface area contributed by atoms with Crippen molar-refractivity contribution in [3.05, 3.63) is 0 Å². The molecule has 1 unspecified atom stereocenters. The van der Waals surface area contributed by atoms with Gasteiger partial charge in [0.05, 0.1) is 6.10 Å². The maximum Gasteiger partial charge on any atom is 0.0810 e. The van der Waals surface area contributed by atoms with Crippen LogP contribution in [0.3, 0.4) is 0 Å². The van der Waals surface area contributed by atoms with Crippen LogP contribution in [0.4, 0.5) is 0 Å². The second-order valence-electron chi connectivity index (χ2n) is 2.51. The number of nitrogens with one attached hydrogen (secondary N) is 1. The molecule has 0 aliphatic carbocycles. The quantitative estimate of drug-likeness (QED) is 0.585. The van der Waals surface area contributed by atoms with Gasteiger partial charge in [0.25, 0.3) is 0 Å². The summed E-state index contributed by atoms with van der Waals surface area (Å²) in [6.45, 7) is 6.44. The van der Waals surface area contributed by atoms with Gasteiger partial charge in [-0.25, -0.2) is 5.48 Å². The minimum absolute atomic E-state index is 0.356. The van der Waals surface area contributed by atoms with E-state index in [1.54, 1.807) is 7.05 Å². The van der Waals surface area contributed by atoms with E-state index in [4.69, 9.17) is 4.84 Å². The van der Waals surface area contributed by atoms with Crippen LogP contribution >= 0.6 is 0 Å². The number of rotatable bonds is 4. The fourth-order valence-electron chi connectivity index (χ4n) is 0.842. The predicted octanol–water partition coefficient (Wildman–Crippen LogP) is 1.57. The van der Waals surface area contributed by atoms with Crippen molar-refractivity contribution in [1.29, 1.82) is 0 Å². The second-order valence-corrected chi connectivity index (χ2v) is 2.51. The van der Waals surface area contributed by atoms with Crippen LogP contribution in [0.1, 0.15) is 27.2 Å². The fourth-order valence-corrected chi connectivity index (χ4v) is 0.842. The maximum absolute atomic E-state index is 5.20. The molecule has 0 aromatic rings. The first-order valence-electron chi connectivity index (χ1n) is 3.54. The Morgan fingerprint density at radius 1 is 1.44 bits per heavy atom. The molecule has 0 aromatic heterocycles. The van der Waals surface area contributed by atoms with Crippen molar-refractivity contribution in [2.75, 3.05) is 7.05 Å². The highest BCUT2D eigenvalue weighted by Gasteiger charge is 2.09. The summed E-state index contributed by atoms with van der Waals surface area (Å²) in [5, 5.41) is 0. The highest BCUT2D eigenvalue weighted by atomic mass is 16.7. The van der Waals surface area contributed by atoms with E-state index in [0.29, 0.717) is 12.0 Å². The Kier molecular flexibility index (Phi) is 4.72. The molecule has 0 aliphatic rings. The lowest BCUT2D eigenvalue weighted by Gasteiger charge is -2.17. The summed E-state index contributed by atoms with van der Waals surface area (Å²) in [7, 11) is 1.80. The monoisotopic (exact) mass is 131 g/mol. The average Bonchev–Trinajstić information content (AvgIpc) is 1.82. The van der Waals surface area contributed by atoms with E-state index in [2.05, 4.69) is 26.3 Å². The molecule has 2 heteroatoms. The Morgan fingerprint density at radius 2 is 2.00 bits per heavy atom. The lowest BCUT2D eigenvalue weighted by Crippen LogP contribution is -2.24. The van der Waals surface area contributed by atoms with E-state index in [1.165, 1.54) is 0 Å². The first-order valence-corrected chi connectivity index (χ1v) is 3.54. The zero-order chi connectivity index (χ0) is 7.28. The summed E-state index contributed by atoms with van der Waals surface area (Å²) in [6, 6.07) is 0. The third-order valence-corrected chi connectivity index (χ3v) is 1.42. The van der Waals surface area contributed by atoms with Gasteiger partial charge in [-0.15, -0.1) is 0 Å². The van der Waals surface area contributed by atoms with Gasteiger partial charge in [0.2, 0.25) is 0 Å². The first-order chi connectivity index (χ1) is 4.22. The Bertz CT molecular complexity index is 63.9. The van der Waals surface area contributed by atoms with Gasteiger partial charge in [-0.3, -0.25) is 4.84 Å². The van der Waals surface area contributed by atoms with E-state index in [9.17, 15) is 0 Å². The molecule has 0 heterocycles. The molecule has 0 saturated heterocycles. The predicted molar refractivity (Wildman–Crippen MR) is 39.1 cm³/mol. The van der Waals surface area contributed by atoms with E-state index in [0.717, 1.165) is 6.42 Å². The van der Waals surface area contributed by atoms with Crippen LogP contribution in [-0.4, -0.2) is 13.2 Å². The average molecular weight is 131 g/mol. The van der Waals surface area contributed by atoms with Crippen molar-refractivity contribution in [3.63, 3.8) is 0 Å². The van der Waals surface area contributed by atoms with Crippen molar-refractivity contribution in [2.45, 2.75) is 33.3 Å². The van der Waals surface area contributed by atoms with Crippen LogP contribution in [0, 0.1) is 5.92 Å². The van der Waals surface area contributed by atoms with Gasteiger partial charge in [0.1, 0.15) is 0 Å². The Balaban J connectivity index is 3.41. The smallest absolute Gasteiger partial charge is 0.0810 e. The van der Waals surface area contributed by atoms with Gasteiger partial charge in [-0.2, -0.15) is 0 Å². The summed E-state index contributed by atoms with van der Waals surface area (Å²) in [5.74, 6) is 0.599. The van der Waals surface area contributed by atoms with E-state index < -0.39 is 0 Å². The Labute approximate surface area is 57.5 Å². The molecule has 0 radical (unpaired) electrons. The molecule has 0 spiro atoms. The summed E-state index contributed by atoms with van der Waals surface area (Å²) < 4.78 is 0. The van der Waals surface area contributed by atoms with Crippen molar-refractivity contribution in [3.8, 4) is 0 Å². The van der Waals surface area contributed by atoms with Crippen LogP contribution < -0.4 is 5.48 Å². The minimum atomic E-state index is 0.356. The van der Waals surface area contributed by atoms with E-state index >= 15 is 0 Å². The SMILES string of the molecule is CCC(ONC)C(C)C. The van der Waals surface area contributed by atoms with Gasteiger partial charge in [-0.1, -0.05) is 20.8 Å². The van der Waals surface area contributed by atoms with Crippen LogP contribution in [0.2, 0.25) is 0 Å². The molecule has 1 N–H and O–H groups in total. The van der Waals surface area contributed by atoms with Crippen molar-refractivity contribution < 1.29 is 4.84 Å². The van der Waals surface area contributed by atoms with Crippen LogP contribution in [0.5, 0.6) is 0 Å². The van der Waals surface area contributed by atoms with E-state index in [-0.39, 0.29) is 0 Å². The Hall–Kier alpha value is -0.0800.